The molecular weight excluding hydrogens is 420 g/mol. The first-order chi connectivity index (χ1) is 13.0. The van der Waals surface area contributed by atoms with Crippen molar-refractivity contribution in [2.45, 2.75) is 17.4 Å². The minimum atomic E-state index is -0.668. The Hall–Kier alpha value is -2.42. The Balaban J connectivity index is 1.28. The van der Waals surface area contributed by atoms with E-state index in [0.717, 1.165) is 6.42 Å². The van der Waals surface area contributed by atoms with Crippen molar-refractivity contribution in [3.8, 4) is 0 Å². The molecule has 2 aliphatic carbocycles. The van der Waals surface area contributed by atoms with Crippen LogP contribution in [0.25, 0.3) is 0 Å². The van der Waals surface area contributed by atoms with Crippen molar-refractivity contribution in [1.82, 2.24) is 10.9 Å². The second-order valence-corrected chi connectivity index (χ2v) is 7.99. The third-order valence-corrected chi connectivity index (χ3v) is 6.69. The number of amides is 2. The van der Waals surface area contributed by atoms with Gasteiger partial charge in [0.05, 0.1) is 16.7 Å². The van der Waals surface area contributed by atoms with Crippen LogP contribution in [0.1, 0.15) is 16.8 Å². The monoisotopic (exact) mass is 436 g/mol. The number of fused-ring (bicyclic) bond motifs is 1. The van der Waals surface area contributed by atoms with Crippen molar-refractivity contribution in [3.05, 3.63) is 35.9 Å². The lowest BCUT2D eigenvalue weighted by Gasteiger charge is -2.26. The quantitative estimate of drug-likeness (QED) is 0.405. The normalized spacial score (nSPS) is 32.7. The van der Waals surface area contributed by atoms with Crippen LogP contribution < -0.4 is 10.9 Å². The van der Waals surface area contributed by atoms with Gasteiger partial charge in [0.15, 0.2) is 6.61 Å². The summed E-state index contributed by atoms with van der Waals surface area (Å²) in [6, 6.07) is 8.36. The Labute approximate surface area is 163 Å². The number of halogens is 1. The average Bonchev–Trinajstić information content (AvgIpc) is 3.29. The fourth-order valence-electron chi connectivity index (χ4n) is 4.35. The number of hydrazine groups is 1. The molecule has 0 spiro atoms. The molecule has 0 unspecified atom stereocenters. The lowest BCUT2D eigenvalue weighted by Crippen LogP contribution is -2.44. The number of alkyl halides is 1. The van der Waals surface area contributed by atoms with Crippen molar-refractivity contribution >= 4 is 39.7 Å². The lowest BCUT2D eigenvalue weighted by molar-refractivity contribution is -0.158. The maximum Gasteiger partial charge on any atom is 0.310 e. The van der Waals surface area contributed by atoms with Crippen molar-refractivity contribution in [2.75, 3.05) is 6.61 Å². The summed E-state index contributed by atoms with van der Waals surface area (Å²) in [5.74, 6) is -3.19. The fourth-order valence-corrected chi connectivity index (χ4v) is 5.40. The van der Waals surface area contributed by atoms with E-state index >= 15 is 0 Å². The summed E-state index contributed by atoms with van der Waals surface area (Å²) in [6.07, 6.45) is 0.559. The molecule has 2 N–H and O–H groups in total. The largest absolute Gasteiger partial charge is 0.461 e. The standard InChI is InChI=1S/C18H17BrN2O6/c19-14-9-6-10-13(18(25)27-15(10)14)12(9)17(24)26-7-11(22)20-21-16(23)8-4-2-1-3-5-8/h1-5,9-10,12-15H,6-7H2,(H,20,22)(H,21,23)/t9-,10-,12-,13-,14+,15+/m1/s1. The number of esters is 2. The molecule has 2 saturated carbocycles. The van der Waals surface area contributed by atoms with Crippen molar-refractivity contribution < 1.29 is 28.7 Å². The third-order valence-electron chi connectivity index (χ3n) is 5.49. The van der Waals surface area contributed by atoms with Gasteiger partial charge in [-0.05, 0) is 24.5 Å². The van der Waals surface area contributed by atoms with Crippen LogP contribution in [-0.4, -0.2) is 41.3 Å². The molecule has 1 saturated heterocycles. The first-order valence-corrected chi connectivity index (χ1v) is 9.54. The van der Waals surface area contributed by atoms with Gasteiger partial charge in [-0.1, -0.05) is 34.1 Å². The van der Waals surface area contributed by atoms with Gasteiger partial charge < -0.3 is 9.47 Å². The molecule has 8 nitrogen and oxygen atoms in total. The van der Waals surface area contributed by atoms with Crippen LogP contribution in [-0.2, 0) is 23.9 Å². The van der Waals surface area contributed by atoms with Crippen LogP contribution in [0, 0.1) is 23.7 Å². The molecule has 2 amide bonds. The zero-order valence-electron chi connectivity index (χ0n) is 14.1. The van der Waals surface area contributed by atoms with Crippen LogP contribution in [0.5, 0.6) is 0 Å². The van der Waals surface area contributed by atoms with Gasteiger partial charge in [0.2, 0.25) is 0 Å². The van der Waals surface area contributed by atoms with Crippen molar-refractivity contribution in [2.24, 2.45) is 23.7 Å². The maximum atomic E-state index is 12.5. The molecule has 1 aromatic rings. The summed E-state index contributed by atoms with van der Waals surface area (Å²) in [4.78, 5) is 48.1. The smallest absolute Gasteiger partial charge is 0.310 e. The second kappa shape index (κ2) is 6.95. The fraction of sp³-hybridized carbons (Fsp3) is 0.444. The van der Waals surface area contributed by atoms with E-state index in [0.29, 0.717) is 5.56 Å². The van der Waals surface area contributed by atoms with Crippen LogP contribution in [0.4, 0.5) is 0 Å². The Morgan fingerprint density at radius 3 is 2.63 bits per heavy atom. The van der Waals surface area contributed by atoms with E-state index < -0.39 is 36.2 Å². The topological polar surface area (TPSA) is 111 Å². The Bertz CT molecular complexity index is 800. The number of hydrogen-bond donors (Lipinski definition) is 2. The minimum Gasteiger partial charge on any atom is -0.461 e. The number of carbonyl (C=O) groups is 4. The maximum absolute atomic E-state index is 12.5. The molecule has 1 aromatic carbocycles. The van der Waals surface area contributed by atoms with Gasteiger partial charge in [0.1, 0.15) is 6.10 Å². The molecule has 3 fully saturated rings. The number of rotatable bonds is 4. The highest BCUT2D eigenvalue weighted by Crippen LogP contribution is 2.60. The molecule has 0 aromatic heterocycles. The highest BCUT2D eigenvalue weighted by atomic mass is 79.9. The van der Waals surface area contributed by atoms with E-state index in [4.69, 9.17) is 9.47 Å². The molecule has 2 bridgehead atoms. The van der Waals surface area contributed by atoms with Crippen molar-refractivity contribution in [3.63, 3.8) is 0 Å². The van der Waals surface area contributed by atoms with Gasteiger partial charge in [0, 0.05) is 11.5 Å². The van der Waals surface area contributed by atoms with E-state index in [1.54, 1.807) is 30.3 Å². The van der Waals surface area contributed by atoms with Crippen LogP contribution in [0.3, 0.4) is 0 Å². The molecule has 6 atom stereocenters. The summed E-state index contributed by atoms with van der Waals surface area (Å²) < 4.78 is 10.4. The van der Waals surface area contributed by atoms with Crippen LogP contribution >= 0.6 is 15.9 Å². The first-order valence-electron chi connectivity index (χ1n) is 8.63. The van der Waals surface area contributed by atoms with Gasteiger partial charge in [-0.25, -0.2) is 0 Å². The summed E-state index contributed by atoms with van der Waals surface area (Å²) >= 11 is 3.52. The molecule has 1 heterocycles. The average molecular weight is 437 g/mol. The second-order valence-electron chi connectivity index (χ2n) is 6.94. The third kappa shape index (κ3) is 3.09. The van der Waals surface area contributed by atoms with Gasteiger partial charge in [-0.15, -0.1) is 0 Å². The SMILES string of the molecule is O=C(COC(=O)[C@@H]1[C@H]2C[C@H]3[C@H](OC(=O)[C@H]31)[C@H]2Br)NNC(=O)c1ccccc1. The van der Waals surface area contributed by atoms with Gasteiger partial charge in [-0.3, -0.25) is 30.0 Å². The molecule has 9 heteroatoms. The van der Waals surface area contributed by atoms with E-state index in [1.165, 1.54) is 0 Å². The Morgan fingerprint density at radius 2 is 1.89 bits per heavy atom. The predicted molar refractivity (Wildman–Crippen MR) is 94.2 cm³/mol. The molecular formula is C18H17BrN2O6. The van der Waals surface area contributed by atoms with E-state index in [9.17, 15) is 19.2 Å². The Morgan fingerprint density at radius 1 is 1.15 bits per heavy atom. The molecule has 1 aliphatic heterocycles. The van der Waals surface area contributed by atoms with Gasteiger partial charge in [0.25, 0.3) is 11.8 Å². The minimum absolute atomic E-state index is 0.0309. The number of nitrogens with one attached hydrogen (secondary N) is 2. The summed E-state index contributed by atoms with van der Waals surface area (Å²) in [5, 5.41) is 0. The Kier molecular flexibility index (Phi) is 4.63. The van der Waals surface area contributed by atoms with E-state index in [2.05, 4.69) is 26.8 Å². The molecule has 4 rings (SSSR count). The molecule has 142 valence electrons. The van der Waals surface area contributed by atoms with Crippen LogP contribution in [0.15, 0.2) is 30.3 Å². The number of carbonyl (C=O) groups excluding carboxylic acids is 4. The highest BCUT2D eigenvalue weighted by molar-refractivity contribution is 9.09. The van der Waals surface area contributed by atoms with E-state index in [1.807, 2.05) is 0 Å². The number of benzene rings is 1. The molecule has 3 aliphatic rings. The molecule has 0 radical (unpaired) electrons. The highest BCUT2D eigenvalue weighted by Gasteiger charge is 2.68. The molecule has 27 heavy (non-hydrogen) atoms. The zero-order valence-corrected chi connectivity index (χ0v) is 15.7. The predicted octanol–water partition coefficient (Wildman–Crippen LogP) is 0.562. The number of hydrogen-bond acceptors (Lipinski definition) is 6. The zero-order chi connectivity index (χ0) is 19.1. The lowest BCUT2D eigenvalue weighted by atomic mass is 9.80. The number of ether oxygens (including phenoxy) is 2. The summed E-state index contributed by atoms with van der Waals surface area (Å²) in [6.45, 7) is -0.542. The summed E-state index contributed by atoms with van der Waals surface area (Å²) in [7, 11) is 0. The van der Waals surface area contributed by atoms with Gasteiger partial charge >= 0.3 is 11.9 Å². The van der Waals surface area contributed by atoms with E-state index in [-0.39, 0.29) is 28.7 Å². The first kappa shape index (κ1) is 18.0. The summed E-state index contributed by atoms with van der Waals surface area (Å²) in [5.41, 5.74) is 4.83. The van der Waals surface area contributed by atoms with Crippen LogP contribution in [0.2, 0.25) is 0 Å². The van der Waals surface area contributed by atoms with Crippen molar-refractivity contribution in [1.29, 1.82) is 0 Å². The van der Waals surface area contributed by atoms with Gasteiger partial charge in [-0.2, -0.15) is 0 Å².